The molecule has 0 unspecified atom stereocenters. The lowest BCUT2D eigenvalue weighted by Gasteiger charge is -2.41. The van der Waals surface area contributed by atoms with Crippen molar-refractivity contribution in [1.29, 1.82) is 0 Å². The average Bonchev–Trinajstić information content (AvgIpc) is 2.43. The summed E-state index contributed by atoms with van der Waals surface area (Å²) in [6, 6.07) is 0.655. The first-order valence-electron chi connectivity index (χ1n) is 7.79. The molecule has 5 heteroatoms. The van der Waals surface area contributed by atoms with Crippen LogP contribution in [0.4, 0.5) is 0 Å². The molecular formula is C15H29N3O2. The van der Waals surface area contributed by atoms with E-state index in [1.807, 2.05) is 4.90 Å². The van der Waals surface area contributed by atoms with Crippen molar-refractivity contribution in [3.05, 3.63) is 0 Å². The number of nitrogens with zero attached hydrogens (tertiary/aromatic N) is 3. The topological polar surface area (TPSA) is 36.0 Å². The quantitative estimate of drug-likeness (QED) is 0.753. The van der Waals surface area contributed by atoms with Crippen LogP contribution in [0.3, 0.4) is 0 Å². The minimum absolute atomic E-state index is 0.138. The van der Waals surface area contributed by atoms with E-state index in [2.05, 4.69) is 23.8 Å². The lowest BCUT2D eigenvalue weighted by Crippen LogP contribution is -2.52. The van der Waals surface area contributed by atoms with E-state index in [0.717, 1.165) is 31.8 Å². The van der Waals surface area contributed by atoms with Gasteiger partial charge in [-0.25, -0.2) is 0 Å². The maximum atomic E-state index is 11.8. The molecule has 0 spiro atoms. The number of likely N-dealkylation sites (N-methyl/N-ethyl adjacent to an activating group) is 1. The van der Waals surface area contributed by atoms with Crippen molar-refractivity contribution in [2.24, 2.45) is 5.92 Å². The van der Waals surface area contributed by atoms with Crippen molar-refractivity contribution in [3.63, 3.8) is 0 Å². The molecule has 20 heavy (non-hydrogen) atoms. The highest BCUT2D eigenvalue weighted by atomic mass is 16.5. The Balaban J connectivity index is 1.73. The minimum Gasteiger partial charge on any atom is -0.375 e. The highest BCUT2D eigenvalue weighted by molar-refractivity contribution is 5.77. The molecular weight excluding hydrogens is 254 g/mol. The number of likely N-dealkylation sites (tertiary alicyclic amines) is 1. The van der Waals surface area contributed by atoms with Crippen molar-refractivity contribution in [1.82, 2.24) is 14.7 Å². The van der Waals surface area contributed by atoms with Gasteiger partial charge in [0.15, 0.2) is 0 Å². The summed E-state index contributed by atoms with van der Waals surface area (Å²) in [5.41, 5.74) is 0. The predicted molar refractivity (Wildman–Crippen MR) is 79.7 cm³/mol. The van der Waals surface area contributed by atoms with Crippen molar-refractivity contribution < 1.29 is 9.53 Å². The number of ether oxygens (including phenoxy) is 1. The molecule has 0 aromatic rings. The first-order chi connectivity index (χ1) is 9.60. The first-order valence-corrected chi connectivity index (χ1v) is 7.79. The SMILES string of the molecule is COCC(=O)N1CCC(CN2CCN(C)C[C@H]2C)CC1. The standard InChI is InChI=1S/C15H29N3O2/c1-13-10-16(2)8-9-18(13)11-14-4-6-17(7-5-14)15(19)12-20-3/h13-14H,4-12H2,1-3H3/t13-/m1/s1. The minimum atomic E-state index is 0.138. The molecule has 2 rings (SSSR count). The fraction of sp³-hybridized carbons (Fsp3) is 0.933. The summed E-state index contributed by atoms with van der Waals surface area (Å²) in [7, 11) is 3.78. The molecule has 116 valence electrons. The Morgan fingerprint density at radius 1 is 1.20 bits per heavy atom. The molecule has 0 N–H and O–H groups in total. The van der Waals surface area contributed by atoms with E-state index >= 15 is 0 Å². The Morgan fingerprint density at radius 3 is 2.50 bits per heavy atom. The van der Waals surface area contributed by atoms with Crippen LogP contribution in [0.25, 0.3) is 0 Å². The van der Waals surface area contributed by atoms with Crippen LogP contribution < -0.4 is 0 Å². The fourth-order valence-corrected chi connectivity index (χ4v) is 3.36. The maximum Gasteiger partial charge on any atom is 0.248 e. The van der Waals surface area contributed by atoms with Gasteiger partial charge in [0.1, 0.15) is 6.61 Å². The molecule has 0 radical (unpaired) electrons. The zero-order valence-corrected chi connectivity index (χ0v) is 13.2. The molecule has 0 aliphatic carbocycles. The van der Waals surface area contributed by atoms with E-state index in [0.29, 0.717) is 6.04 Å². The van der Waals surface area contributed by atoms with E-state index < -0.39 is 0 Å². The molecule has 2 aliphatic rings. The number of hydrogen-bond donors (Lipinski definition) is 0. The summed E-state index contributed by atoms with van der Waals surface area (Å²) in [6.07, 6.45) is 2.27. The van der Waals surface area contributed by atoms with Crippen LogP contribution >= 0.6 is 0 Å². The molecule has 2 heterocycles. The smallest absolute Gasteiger partial charge is 0.248 e. The molecule has 2 saturated heterocycles. The summed E-state index contributed by atoms with van der Waals surface area (Å²) < 4.78 is 4.93. The summed E-state index contributed by atoms with van der Waals surface area (Å²) in [5, 5.41) is 0. The third-order valence-electron chi connectivity index (χ3n) is 4.70. The summed E-state index contributed by atoms with van der Waals surface area (Å²) in [5.74, 6) is 0.881. The third-order valence-corrected chi connectivity index (χ3v) is 4.70. The molecule has 0 aromatic heterocycles. The van der Waals surface area contributed by atoms with E-state index in [-0.39, 0.29) is 12.5 Å². The molecule has 1 atom stereocenters. The normalized spacial score (nSPS) is 26.9. The Hall–Kier alpha value is -0.650. The summed E-state index contributed by atoms with van der Waals surface area (Å²) >= 11 is 0. The van der Waals surface area contributed by atoms with Gasteiger partial charge in [0.25, 0.3) is 0 Å². The highest BCUT2D eigenvalue weighted by Gasteiger charge is 2.27. The van der Waals surface area contributed by atoms with Gasteiger partial charge in [0.2, 0.25) is 5.91 Å². The van der Waals surface area contributed by atoms with Crippen LogP contribution in [0.2, 0.25) is 0 Å². The van der Waals surface area contributed by atoms with Crippen LogP contribution in [0.15, 0.2) is 0 Å². The molecule has 2 aliphatic heterocycles. The average molecular weight is 283 g/mol. The van der Waals surface area contributed by atoms with Gasteiger partial charge in [-0.1, -0.05) is 0 Å². The first kappa shape index (κ1) is 15.7. The number of carbonyl (C=O) groups is 1. The Labute approximate surface area is 122 Å². The number of amides is 1. The molecule has 5 nitrogen and oxygen atoms in total. The van der Waals surface area contributed by atoms with Crippen LogP contribution in [-0.4, -0.2) is 86.7 Å². The Kier molecular flexibility index (Phi) is 5.81. The maximum absolute atomic E-state index is 11.8. The zero-order valence-electron chi connectivity index (χ0n) is 13.2. The fourth-order valence-electron chi connectivity index (χ4n) is 3.36. The highest BCUT2D eigenvalue weighted by Crippen LogP contribution is 2.20. The van der Waals surface area contributed by atoms with Crippen LogP contribution in [0, 0.1) is 5.92 Å². The van der Waals surface area contributed by atoms with Gasteiger partial charge in [0.05, 0.1) is 0 Å². The van der Waals surface area contributed by atoms with E-state index in [4.69, 9.17) is 4.74 Å². The Bertz CT molecular complexity index is 316. The molecule has 0 aromatic carbocycles. The lowest BCUT2D eigenvalue weighted by molar-refractivity contribution is -0.136. The lowest BCUT2D eigenvalue weighted by atomic mass is 9.95. The van der Waals surface area contributed by atoms with E-state index in [9.17, 15) is 4.79 Å². The van der Waals surface area contributed by atoms with Gasteiger partial charge in [-0.15, -0.1) is 0 Å². The third kappa shape index (κ3) is 4.17. The monoisotopic (exact) mass is 283 g/mol. The largest absolute Gasteiger partial charge is 0.375 e. The number of methoxy groups -OCH3 is 1. The second kappa shape index (κ2) is 7.38. The zero-order chi connectivity index (χ0) is 14.5. The van der Waals surface area contributed by atoms with Crippen molar-refractivity contribution in [2.45, 2.75) is 25.8 Å². The molecule has 2 fully saturated rings. The van der Waals surface area contributed by atoms with Crippen molar-refractivity contribution >= 4 is 5.91 Å². The number of rotatable bonds is 4. The van der Waals surface area contributed by atoms with Crippen LogP contribution in [0.1, 0.15) is 19.8 Å². The van der Waals surface area contributed by atoms with E-state index in [1.54, 1.807) is 7.11 Å². The Morgan fingerprint density at radius 2 is 1.90 bits per heavy atom. The van der Waals surface area contributed by atoms with Crippen molar-refractivity contribution in [2.75, 3.05) is 60.0 Å². The second-order valence-corrected chi connectivity index (χ2v) is 6.36. The van der Waals surface area contributed by atoms with Gasteiger partial charge in [-0.2, -0.15) is 0 Å². The number of carbonyl (C=O) groups excluding carboxylic acids is 1. The van der Waals surface area contributed by atoms with Crippen molar-refractivity contribution in [3.8, 4) is 0 Å². The molecule has 0 saturated carbocycles. The van der Waals surface area contributed by atoms with Gasteiger partial charge >= 0.3 is 0 Å². The second-order valence-electron chi connectivity index (χ2n) is 6.36. The number of piperidine rings is 1. The number of piperazine rings is 1. The van der Waals surface area contributed by atoms with Crippen LogP contribution in [0.5, 0.6) is 0 Å². The van der Waals surface area contributed by atoms with Gasteiger partial charge in [-0.3, -0.25) is 9.69 Å². The van der Waals surface area contributed by atoms with Gasteiger partial charge in [0, 0.05) is 52.4 Å². The van der Waals surface area contributed by atoms with E-state index in [1.165, 1.54) is 26.2 Å². The molecule has 0 bridgehead atoms. The van der Waals surface area contributed by atoms with Gasteiger partial charge in [-0.05, 0) is 32.7 Å². The molecule has 1 amide bonds. The number of hydrogen-bond acceptors (Lipinski definition) is 4. The van der Waals surface area contributed by atoms with Gasteiger partial charge < -0.3 is 14.5 Å². The summed E-state index contributed by atoms with van der Waals surface area (Å²) in [4.78, 5) is 18.8. The predicted octanol–water partition coefficient (Wildman–Crippen LogP) is 0.507. The summed E-state index contributed by atoms with van der Waals surface area (Å²) in [6.45, 7) is 9.07. The van der Waals surface area contributed by atoms with Crippen LogP contribution in [-0.2, 0) is 9.53 Å².